The average molecular weight is 245 g/mol. The maximum atomic E-state index is 11.7. The van der Waals surface area contributed by atoms with Crippen LogP contribution in [-0.4, -0.2) is 55.2 Å². The Morgan fingerprint density at radius 1 is 1.35 bits per heavy atom. The molecule has 0 spiro atoms. The Labute approximate surface area is 102 Å². The molecule has 0 bridgehead atoms. The number of hydrogen-bond acceptors (Lipinski definition) is 3. The lowest BCUT2D eigenvalue weighted by Crippen LogP contribution is -2.49. The summed E-state index contributed by atoms with van der Waals surface area (Å²) in [7, 11) is 3.50. The Morgan fingerprint density at radius 3 is 2.35 bits per heavy atom. The number of nitrogens with one attached hydrogen (secondary N) is 2. The van der Waals surface area contributed by atoms with Crippen LogP contribution in [0.4, 0.5) is 4.79 Å². The van der Waals surface area contributed by atoms with Crippen LogP contribution in [0.2, 0.25) is 0 Å². The van der Waals surface area contributed by atoms with E-state index in [2.05, 4.69) is 10.6 Å². The summed E-state index contributed by atoms with van der Waals surface area (Å²) in [6.07, 6.45) is 0.833. The van der Waals surface area contributed by atoms with E-state index in [0.29, 0.717) is 6.54 Å². The molecule has 6 nitrogen and oxygen atoms in total. The van der Waals surface area contributed by atoms with E-state index in [1.165, 1.54) is 4.90 Å². The van der Waals surface area contributed by atoms with Crippen molar-refractivity contribution < 1.29 is 14.7 Å². The van der Waals surface area contributed by atoms with Crippen molar-refractivity contribution in [2.45, 2.75) is 26.3 Å². The fraction of sp³-hybridized carbons (Fsp3) is 0.818. The van der Waals surface area contributed by atoms with Gasteiger partial charge in [0.05, 0.1) is 0 Å². The zero-order valence-electron chi connectivity index (χ0n) is 11.0. The van der Waals surface area contributed by atoms with E-state index in [9.17, 15) is 9.59 Å². The van der Waals surface area contributed by atoms with Crippen molar-refractivity contribution in [3.8, 4) is 0 Å². The summed E-state index contributed by atoms with van der Waals surface area (Å²) in [5, 5.41) is 14.4. The molecule has 17 heavy (non-hydrogen) atoms. The maximum absolute atomic E-state index is 11.7. The quantitative estimate of drug-likeness (QED) is 0.565. The van der Waals surface area contributed by atoms with E-state index >= 15 is 0 Å². The standard InChI is InChI=1S/C11H23N3O3/c1-8(2)9(10(15)16)13-11(17)14(4)7-5-6-12-3/h8-9,12H,5-7H2,1-4H3,(H,13,17)(H,15,16). The fourth-order valence-corrected chi connectivity index (χ4v) is 1.35. The molecule has 0 saturated carbocycles. The van der Waals surface area contributed by atoms with Gasteiger partial charge in [-0.3, -0.25) is 0 Å². The van der Waals surface area contributed by atoms with Crippen LogP contribution >= 0.6 is 0 Å². The summed E-state index contributed by atoms with van der Waals surface area (Å²) in [4.78, 5) is 24.1. The number of aliphatic carboxylic acids is 1. The predicted molar refractivity (Wildman–Crippen MR) is 66.0 cm³/mol. The molecule has 3 N–H and O–H groups in total. The molecule has 0 aromatic rings. The van der Waals surface area contributed by atoms with Gasteiger partial charge in [-0.2, -0.15) is 0 Å². The first-order valence-electron chi connectivity index (χ1n) is 5.79. The highest BCUT2D eigenvalue weighted by Crippen LogP contribution is 2.02. The van der Waals surface area contributed by atoms with E-state index in [1.54, 1.807) is 20.9 Å². The first-order chi connectivity index (χ1) is 7.90. The zero-order valence-corrected chi connectivity index (χ0v) is 11.0. The minimum atomic E-state index is -1.00. The molecule has 1 atom stereocenters. The Morgan fingerprint density at radius 2 is 1.94 bits per heavy atom. The van der Waals surface area contributed by atoms with E-state index in [1.807, 2.05) is 7.05 Å². The van der Waals surface area contributed by atoms with Crippen LogP contribution in [0.3, 0.4) is 0 Å². The molecule has 0 radical (unpaired) electrons. The topological polar surface area (TPSA) is 81.7 Å². The third-order valence-corrected chi connectivity index (χ3v) is 2.48. The lowest BCUT2D eigenvalue weighted by atomic mass is 10.1. The van der Waals surface area contributed by atoms with Crippen LogP contribution in [0.5, 0.6) is 0 Å². The van der Waals surface area contributed by atoms with Crippen LogP contribution in [0.1, 0.15) is 20.3 Å². The molecular weight excluding hydrogens is 222 g/mol. The molecule has 0 aromatic heterocycles. The van der Waals surface area contributed by atoms with Crippen molar-refractivity contribution in [1.82, 2.24) is 15.5 Å². The molecule has 0 aliphatic heterocycles. The molecule has 2 amide bonds. The van der Waals surface area contributed by atoms with Gasteiger partial charge in [0.15, 0.2) is 0 Å². The number of carbonyl (C=O) groups excluding carboxylic acids is 1. The number of carboxylic acids is 1. The molecule has 0 heterocycles. The van der Waals surface area contributed by atoms with Crippen LogP contribution in [0, 0.1) is 5.92 Å². The molecule has 100 valence electrons. The number of urea groups is 1. The second-order valence-electron chi connectivity index (χ2n) is 4.39. The van der Waals surface area contributed by atoms with Crippen LogP contribution in [0.25, 0.3) is 0 Å². The van der Waals surface area contributed by atoms with Gasteiger partial charge in [0.25, 0.3) is 0 Å². The lowest BCUT2D eigenvalue weighted by Gasteiger charge is -2.23. The predicted octanol–water partition coefficient (Wildman–Crippen LogP) is 0.347. The summed E-state index contributed by atoms with van der Waals surface area (Å²) < 4.78 is 0. The van der Waals surface area contributed by atoms with Crippen molar-refractivity contribution >= 4 is 12.0 Å². The number of carboxylic acid groups (broad SMARTS) is 1. The van der Waals surface area contributed by atoms with Gasteiger partial charge in [0.1, 0.15) is 6.04 Å². The number of rotatable bonds is 7. The summed E-state index contributed by atoms with van der Waals surface area (Å²) in [5.74, 6) is -1.14. The second kappa shape index (κ2) is 7.89. The number of hydrogen-bond donors (Lipinski definition) is 3. The monoisotopic (exact) mass is 245 g/mol. The van der Waals surface area contributed by atoms with E-state index in [4.69, 9.17) is 5.11 Å². The first kappa shape index (κ1) is 15.7. The van der Waals surface area contributed by atoms with Gasteiger partial charge in [-0.1, -0.05) is 13.8 Å². The summed E-state index contributed by atoms with van der Waals surface area (Å²) in [6, 6.07) is -1.18. The molecule has 0 aliphatic rings. The van der Waals surface area contributed by atoms with Gasteiger partial charge in [-0.05, 0) is 25.9 Å². The zero-order chi connectivity index (χ0) is 13.4. The van der Waals surface area contributed by atoms with E-state index in [0.717, 1.165) is 13.0 Å². The fourth-order valence-electron chi connectivity index (χ4n) is 1.35. The van der Waals surface area contributed by atoms with Crippen molar-refractivity contribution in [2.24, 2.45) is 5.92 Å². The lowest BCUT2D eigenvalue weighted by molar-refractivity contribution is -0.140. The van der Waals surface area contributed by atoms with Crippen molar-refractivity contribution in [3.05, 3.63) is 0 Å². The molecule has 0 aromatic carbocycles. The molecule has 0 fully saturated rings. The number of carbonyl (C=O) groups is 2. The summed E-state index contributed by atoms with van der Waals surface area (Å²) >= 11 is 0. The highest BCUT2D eigenvalue weighted by molar-refractivity contribution is 5.82. The molecule has 1 unspecified atom stereocenters. The van der Waals surface area contributed by atoms with Crippen LogP contribution in [0.15, 0.2) is 0 Å². The van der Waals surface area contributed by atoms with Crippen molar-refractivity contribution in [2.75, 3.05) is 27.2 Å². The summed E-state index contributed by atoms with van der Waals surface area (Å²) in [6.45, 7) is 4.95. The molecule has 0 rings (SSSR count). The van der Waals surface area contributed by atoms with Gasteiger partial charge in [-0.25, -0.2) is 9.59 Å². The minimum absolute atomic E-state index is 0.137. The molecule has 0 saturated heterocycles. The van der Waals surface area contributed by atoms with Gasteiger partial charge >= 0.3 is 12.0 Å². The molecular formula is C11H23N3O3. The van der Waals surface area contributed by atoms with Gasteiger partial charge < -0.3 is 20.6 Å². The SMILES string of the molecule is CNCCCN(C)C(=O)NC(C(=O)O)C(C)C. The first-order valence-corrected chi connectivity index (χ1v) is 5.79. The minimum Gasteiger partial charge on any atom is -0.480 e. The maximum Gasteiger partial charge on any atom is 0.326 e. The smallest absolute Gasteiger partial charge is 0.326 e. The average Bonchev–Trinajstić information content (AvgIpc) is 2.24. The number of nitrogens with zero attached hydrogens (tertiary/aromatic N) is 1. The number of amides is 2. The van der Waals surface area contributed by atoms with Crippen molar-refractivity contribution in [3.63, 3.8) is 0 Å². The Kier molecular flexibility index (Phi) is 7.29. The highest BCUT2D eigenvalue weighted by Gasteiger charge is 2.24. The molecule has 0 aliphatic carbocycles. The van der Waals surface area contributed by atoms with Gasteiger partial charge in [0, 0.05) is 13.6 Å². The second-order valence-corrected chi connectivity index (χ2v) is 4.39. The normalized spacial score (nSPS) is 12.3. The molecule has 6 heteroatoms. The van der Waals surface area contributed by atoms with Crippen molar-refractivity contribution in [1.29, 1.82) is 0 Å². The highest BCUT2D eigenvalue weighted by atomic mass is 16.4. The van der Waals surface area contributed by atoms with Crippen LogP contribution < -0.4 is 10.6 Å². The van der Waals surface area contributed by atoms with Crippen LogP contribution in [-0.2, 0) is 4.79 Å². The summed E-state index contributed by atoms with van der Waals surface area (Å²) in [5.41, 5.74) is 0. The van der Waals surface area contributed by atoms with E-state index in [-0.39, 0.29) is 11.9 Å². The Balaban J connectivity index is 4.16. The Bertz CT molecular complexity index is 256. The Hall–Kier alpha value is -1.30. The largest absolute Gasteiger partial charge is 0.480 e. The van der Waals surface area contributed by atoms with E-state index < -0.39 is 12.0 Å². The van der Waals surface area contributed by atoms with Gasteiger partial charge in [-0.15, -0.1) is 0 Å². The third-order valence-electron chi connectivity index (χ3n) is 2.48. The van der Waals surface area contributed by atoms with Gasteiger partial charge in [0.2, 0.25) is 0 Å². The third kappa shape index (κ3) is 6.11.